The van der Waals surface area contributed by atoms with E-state index in [9.17, 15) is 9.18 Å². The number of carbonyl (C=O) groups excluding carboxylic acids is 1. The molecule has 0 amide bonds. The third kappa shape index (κ3) is 3.48. The van der Waals surface area contributed by atoms with Crippen molar-refractivity contribution in [2.75, 3.05) is 6.61 Å². The standard InChI is InChI=1S/C16H19FN2O2/c1-4-21-16(20)12-10-19(18-14(12)9-11(2)3)15-8-6-5-7-13(15)17/h5-8,10-11H,4,9H2,1-3H3. The molecule has 1 aromatic heterocycles. The number of carbonyl (C=O) groups is 1. The molecule has 0 unspecified atom stereocenters. The highest BCUT2D eigenvalue weighted by Gasteiger charge is 2.19. The van der Waals surface area contributed by atoms with E-state index in [1.165, 1.54) is 16.9 Å². The highest BCUT2D eigenvalue weighted by atomic mass is 19.1. The molecule has 0 spiro atoms. The molecule has 5 heteroatoms. The van der Waals surface area contributed by atoms with Crippen LogP contribution in [-0.2, 0) is 11.2 Å². The van der Waals surface area contributed by atoms with Gasteiger partial charge in [0.2, 0.25) is 0 Å². The number of halogens is 1. The van der Waals surface area contributed by atoms with Gasteiger partial charge in [0, 0.05) is 6.20 Å². The van der Waals surface area contributed by atoms with Gasteiger partial charge in [0.05, 0.1) is 12.3 Å². The number of hydrogen-bond donors (Lipinski definition) is 0. The first-order chi connectivity index (χ1) is 10.0. The van der Waals surface area contributed by atoms with Gasteiger partial charge in [0.15, 0.2) is 0 Å². The highest BCUT2D eigenvalue weighted by Crippen LogP contribution is 2.18. The van der Waals surface area contributed by atoms with Crippen LogP contribution in [0.25, 0.3) is 5.69 Å². The maximum absolute atomic E-state index is 13.9. The Labute approximate surface area is 123 Å². The van der Waals surface area contributed by atoms with Gasteiger partial charge in [-0.1, -0.05) is 26.0 Å². The van der Waals surface area contributed by atoms with Crippen LogP contribution in [0.3, 0.4) is 0 Å². The zero-order chi connectivity index (χ0) is 15.4. The van der Waals surface area contributed by atoms with Gasteiger partial charge < -0.3 is 4.74 Å². The Balaban J connectivity index is 2.45. The zero-order valence-electron chi connectivity index (χ0n) is 12.5. The van der Waals surface area contributed by atoms with Crippen molar-refractivity contribution in [1.82, 2.24) is 9.78 Å². The Bertz CT molecular complexity index is 635. The molecule has 0 saturated carbocycles. The molecule has 0 fully saturated rings. The highest BCUT2D eigenvalue weighted by molar-refractivity contribution is 5.90. The summed E-state index contributed by atoms with van der Waals surface area (Å²) in [5.74, 6) is -0.468. The minimum Gasteiger partial charge on any atom is -0.462 e. The molecule has 0 N–H and O–H groups in total. The van der Waals surface area contributed by atoms with Crippen LogP contribution in [0.5, 0.6) is 0 Å². The molecule has 0 aliphatic rings. The maximum Gasteiger partial charge on any atom is 0.341 e. The quantitative estimate of drug-likeness (QED) is 0.793. The third-order valence-corrected chi connectivity index (χ3v) is 2.99. The monoisotopic (exact) mass is 290 g/mol. The molecule has 112 valence electrons. The molecular weight excluding hydrogens is 271 g/mol. The fourth-order valence-corrected chi connectivity index (χ4v) is 2.09. The second kappa shape index (κ2) is 6.52. The lowest BCUT2D eigenvalue weighted by atomic mass is 10.1. The van der Waals surface area contributed by atoms with Gasteiger partial charge in [-0.2, -0.15) is 5.10 Å². The molecule has 0 saturated heterocycles. The largest absolute Gasteiger partial charge is 0.462 e. The van der Waals surface area contributed by atoms with Crippen LogP contribution in [0.4, 0.5) is 4.39 Å². The number of nitrogens with zero attached hydrogens (tertiary/aromatic N) is 2. The molecule has 21 heavy (non-hydrogen) atoms. The van der Waals surface area contributed by atoms with Crippen molar-refractivity contribution in [3.63, 3.8) is 0 Å². The van der Waals surface area contributed by atoms with Crippen molar-refractivity contribution < 1.29 is 13.9 Å². The van der Waals surface area contributed by atoms with E-state index in [0.29, 0.717) is 35.9 Å². The summed E-state index contributed by atoms with van der Waals surface area (Å²) < 4.78 is 20.3. The van der Waals surface area contributed by atoms with Crippen molar-refractivity contribution in [1.29, 1.82) is 0 Å². The van der Waals surface area contributed by atoms with Crippen molar-refractivity contribution in [2.24, 2.45) is 5.92 Å². The topological polar surface area (TPSA) is 44.1 Å². The molecular formula is C16H19FN2O2. The van der Waals surface area contributed by atoms with E-state index in [2.05, 4.69) is 5.10 Å². The average Bonchev–Trinajstić information content (AvgIpc) is 2.82. The first kappa shape index (κ1) is 15.2. The van der Waals surface area contributed by atoms with Gasteiger partial charge in [0.1, 0.15) is 17.1 Å². The lowest BCUT2D eigenvalue weighted by molar-refractivity contribution is 0.0525. The van der Waals surface area contributed by atoms with E-state index in [4.69, 9.17) is 4.74 Å². The predicted molar refractivity (Wildman–Crippen MR) is 78.0 cm³/mol. The normalized spacial score (nSPS) is 10.9. The summed E-state index contributed by atoms with van der Waals surface area (Å²) in [6.45, 7) is 6.13. The summed E-state index contributed by atoms with van der Waals surface area (Å²) in [6, 6.07) is 6.33. The summed E-state index contributed by atoms with van der Waals surface area (Å²) in [4.78, 5) is 12.0. The molecule has 0 atom stereocenters. The number of aromatic nitrogens is 2. The molecule has 4 nitrogen and oxygen atoms in total. The summed E-state index contributed by atoms with van der Waals surface area (Å²) >= 11 is 0. The van der Waals surface area contributed by atoms with Crippen molar-refractivity contribution in [3.05, 3.63) is 47.5 Å². The predicted octanol–water partition coefficient (Wildman–Crippen LogP) is 3.39. The minimum absolute atomic E-state index is 0.296. The fourth-order valence-electron chi connectivity index (χ4n) is 2.09. The average molecular weight is 290 g/mol. The van der Waals surface area contributed by atoms with Crippen LogP contribution in [0, 0.1) is 11.7 Å². The first-order valence-corrected chi connectivity index (χ1v) is 7.03. The number of hydrogen-bond acceptors (Lipinski definition) is 3. The van der Waals surface area contributed by atoms with Crippen molar-refractivity contribution in [3.8, 4) is 5.69 Å². The Kier molecular flexibility index (Phi) is 4.73. The molecule has 2 rings (SSSR count). The van der Waals surface area contributed by atoms with Gasteiger partial charge in [-0.25, -0.2) is 13.9 Å². The number of esters is 1. The van der Waals surface area contributed by atoms with E-state index in [0.717, 1.165) is 0 Å². The van der Waals surface area contributed by atoms with Crippen LogP contribution < -0.4 is 0 Å². The first-order valence-electron chi connectivity index (χ1n) is 7.03. The lowest BCUT2D eigenvalue weighted by Gasteiger charge is -2.04. The van der Waals surface area contributed by atoms with Crippen molar-refractivity contribution in [2.45, 2.75) is 27.2 Å². The summed E-state index contributed by atoms with van der Waals surface area (Å²) in [5.41, 5.74) is 1.35. The van der Waals surface area contributed by atoms with Gasteiger partial charge in [-0.05, 0) is 31.4 Å². The third-order valence-electron chi connectivity index (χ3n) is 2.99. The van der Waals surface area contributed by atoms with Crippen LogP contribution in [0.2, 0.25) is 0 Å². The second-order valence-electron chi connectivity index (χ2n) is 5.20. The van der Waals surface area contributed by atoms with Gasteiger partial charge in [0.25, 0.3) is 0 Å². The molecule has 1 aromatic carbocycles. The molecule has 0 radical (unpaired) electrons. The Morgan fingerprint density at radius 1 is 1.38 bits per heavy atom. The van der Waals surface area contributed by atoms with Gasteiger partial charge >= 0.3 is 5.97 Å². The fraction of sp³-hybridized carbons (Fsp3) is 0.375. The van der Waals surface area contributed by atoms with Crippen LogP contribution in [0.15, 0.2) is 30.5 Å². The maximum atomic E-state index is 13.9. The van der Waals surface area contributed by atoms with Gasteiger partial charge in [-0.15, -0.1) is 0 Å². The summed E-state index contributed by atoms with van der Waals surface area (Å²) in [6.07, 6.45) is 2.17. The van der Waals surface area contributed by atoms with E-state index < -0.39 is 5.97 Å². The molecule has 0 bridgehead atoms. The van der Waals surface area contributed by atoms with Crippen LogP contribution >= 0.6 is 0 Å². The molecule has 2 aromatic rings. The molecule has 1 heterocycles. The molecule has 0 aliphatic carbocycles. The Morgan fingerprint density at radius 3 is 2.71 bits per heavy atom. The summed E-state index contributed by atoms with van der Waals surface area (Å²) in [5, 5.41) is 4.36. The number of benzene rings is 1. The molecule has 0 aliphatic heterocycles. The van der Waals surface area contributed by atoms with E-state index >= 15 is 0 Å². The number of rotatable bonds is 5. The smallest absolute Gasteiger partial charge is 0.341 e. The van der Waals surface area contributed by atoms with Crippen LogP contribution in [-0.4, -0.2) is 22.4 Å². The van der Waals surface area contributed by atoms with Crippen molar-refractivity contribution >= 4 is 5.97 Å². The summed E-state index contributed by atoms with van der Waals surface area (Å²) in [7, 11) is 0. The Hall–Kier alpha value is -2.17. The minimum atomic E-state index is -0.421. The Morgan fingerprint density at radius 2 is 2.10 bits per heavy atom. The second-order valence-corrected chi connectivity index (χ2v) is 5.20. The lowest BCUT2D eigenvalue weighted by Crippen LogP contribution is -2.08. The van der Waals surface area contributed by atoms with E-state index in [1.54, 1.807) is 25.1 Å². The van der Waals surface area contributed by atoms with E-state index in [-0.39, 0.29) is 5.82 Å². The van der Waals surface area contributed by atoms with E-state index in [1.807, 2.05) is 13.8 Å². The van der Waals surface area contributed by atoms with Gasteiger partial charge in [-0.3, -0.25) is 0 Å². The zero-order valence-corrected chi connectivity index (χ0v) is 12.5. The SMILES string of the molecule is CCOC(=O)c1cn(-c2ccccc2F)nc1CC(C)C. The number of para-hydroxylation sites is 1. The van der Waals surface area contributed by atoms with Crippen LogP contribution in [0.1, 0.15) is 36.8 Å². The number of ether oxygens (including phenoxy) is 1.